The predicted molar refractivity (Wildman–Crippen MR) is 109 cm³/mol. The van der Waals surface area contributed by atoms with Gasteiger partial charge in [0.15, 0.2) is 5.16 Å². The largest absolute Gasteiger partial charge is 0.478 e. The Labute approximate surface area is 173 Å². The molecule has 0 radical (unpaired) electrons. The molecular weight excluding hydrogens is 412 g/mol. The number of hydrogen-bond acceptors (Lipinski definition) is 6. The summed E-state index contributed by atoms with van der Waals surface area (Å²) in [5.74, 6) is 0.112. The van der Waals surface area contributed by atoms with Crippen LogP contribution in [0, 0.1) is 6.92 Å². The molecule has 1 heterocycles. The van der Waals surface area contributed by atoms with Crippen molar-refractivity contribution < 1.29 is 18.3 Å². The molecule has 0 aliphatic rings. The third-order valence-electron chi connectivity index (χ3n) is 4.25. The fourth-order valence-electron chi connectivity index (χ4n) is 2.48. The first-order valence-corrected chi connectivity index (χ1v) is 11.1. The summed E-state index contributed by atoms with van der Waals surface area (Å²) in [5, 5.41) is 17.7. The second kappa shape index (κ2) is 8.76. The van der Waals surface area contributed by atoms with Crippen LogP contribution in [-0.4, -0.2) is 34.3 Å². The minimum Gasteiger partial charge on any atom is -0.478 e. The van der Waals surface area contributed by atoms with Crippen molar-refractivity contribution in [1.82, 2.24) is 19.5 Å². The molecule has 0 atom stereocenters. The number of thioether (sulfide) groups is 1. The van der Waals surface area contributed by atoms with Gasteiger partial charge in [0.2, 0.25) is 10.0 Å². The van der Waals surface area contributed by atoms with Crippen molar-refractivity contribution in [1.29, 1.82) is 0 Å². The Kier molecular flexibility index (Phi) is 6.36. The highest BCUT2D eigenvalue weighted by Crippen LogP contribution is 2.21. The van der Waals surface area contributed by atoms with Gasteiger partial charge in [0.05, 0.1) is 17.0 Å². The average molecular weight is 433 g/mol. The van der Waals surface area contributed by atoms with E-state index in [0.29, 0.717) is 16.7 Å². The molecule has 0 saturated carbocycles. The number of carbonyl (C=O) groups is 1. The summed E-state index contributed by atoms with van der Waals surface area (Å²) in [4.78, 5) is 11.1. The maximum absolute atomic E-state index is 12.4. The normalized spacial score (nSPS) is 11.5. The van der Waals surface area contributed by atoms with E-state index >= 15 is 0 Å². The van der Waals surface area contributed by atoms with Crippen LogP contribution in [0.3, 0.4) is 0 Å². The summed E-state index contributed by atoms with van der Waals surface area (Å²) in [6, 6.07) is 13.2. The SMILES string of the molecule is Cc1ccc(S(=O)(=O)NCc2nnc(SCc3ccc(C(=O)O)cc3)n2C)cc1. The first-order chi connectivity index (χ1) is 13.8. The van der Waals surface area contributed by atoms with Crippen molar-refractivity contribution in [3.8, 4) is 0 Å². The first kappa shape index (κ1) is 21.0. The van der Waals surface area contributed by atoms with Crippen molar-refractivity contribution in [3.05, 3.63) is 71.0 Å². The number of aryl methyl sites for hydroxylation is 1. The van der Waals surface area contributed by atoms with Gasteiger partial charge in [0, 0.05) is 12.8 Å². The number of hydrogen-bond donors (Lipinski definition) is 2. The molecule has 0 bridgehead atoms. The summed E-state index contributed by atoms with van der Waals surface area (Å²) >= 11 is 1.43. The summed E-state index contributed by atoms with van der Waals surface area (Å²) in [6.07, 6.45) is 0. The van der Waals surface area contributed by atoms with Crippen LogP contribution in [0.15, 0.2) is 58.6 Å². The van der Waals surface area contributed by atoms with Crippen molar-refractivity contribution in [2.24, 2.45) is 7.05 Å². The van der Waals surface area contributed by atoms with E-state index in [1.807, 2.05) is 6.92 Å². The fourth-order valence-corrected chi connectivity index (χ4v) is 4.34. The van der Waals surface area contributed by atoms with Crippen LogP contribution in [0.2, 0.25) is 0 Å². The molecule has 0 aliphatic heterocycles. The van der Waals surface area contributed by atoms with Gasteiger partial charge in [0.1, 0.15) is 5.82 Å². The van der Waals surface area contributed by atoms with Crippen LogP contribution in [0.1, 0.15) is 27.3 Å². The van der Waals surface area contributed by atoms with Crippen LogP contribution in [0.25, 0.3) is 0 Å². The molecule has 2 aromatic carbocycles. The molecule has 29 heavy (non-hydrogen) atoms. The van der Waals surface area contributed by atoms with E-state index in [4.69, 9.17) is 5.11 Å². The van der Waals surface area contributed by atoms with Gasteiger partial charge in [-0.3, -0.25) is 0 Å². The zero-order chi connectivity index (χ0) is 21.0. The number of aromatic nitrogens is 3. The van der Waals surface area contributed by atoms with Crippen LogP contribution in [-0.2, 0) is 29.4 Å². The third-order valence-corrected chi connectivity index (χ3v) is 6.75. The van der Waals surface area contributed by atoms with Crippen LogP contribution >= 0.6 is 11.8 Å². The van der Waals surface area contributed by atoms with Gasteiger partial charge in [-0.1, -0.05) is 41.6 Å². The molecular formula is C19H20N4O4S2. The molecule has 8 nitrogen and oxygen atoms in total. The molecule has 3 aromatic rings. The van der Waals surface area contributed by atoms with Crippen molar-refractivity contribution in [2.75, 3.05) is 0 Å². The van der Waals surface area contributed by atoms with E-state index in [-0.39, 0.29) is 17.0 Å². The van der Waals surface area contributed by atoms with Crippen LogP contribution in [0.4, 0.5) is 0 Å². The lowest BCUT2D eigenvalue weighted by Gasteiger charge is -2.07. The highest BCUT2D eigenvalue weighted by Gasteiger charge is 2.16. The van der Waals surface area contributed by atoms with E-state index in [2.05, 4.69) is 14.9 Å². The zero-order valence-electron chi connectivity index (χ0n) is 15.9. The molecule has 10 heteroatoms. The van der Waals surface area contributed by atoms with Crippen molar-refractivity contribution in [2.45, 2.75) is 29.3 Å². The highest BCUT2D eigenvalue weighted by molar-refractivity contribution is 7.98. The number of rotatable bonds is 8. The van der Waals surface area contributed by atoms with Crippen LogP contribution in [0.5, 0.6) is 0 Å². The van der Waals surface area contributed by atoms with E-state index in [9.17, 15) is 13.2 Å². The lowest BCUT2D eigenvalue weighted by molar-refractivity contribution is 0.0697. The van der Waals surface area contributed by atoms with Gasteiger partial charge in [0.25, 0.3) is 0 Å². The molecule has 152 valence electrons. The summed E-state index contributed by atoms with van der Waals surface area (Å²) < 4.78 is 29.1. The molecule has 0 saturated heterocycles. The Morgan fingerprint density at radius 2 is 1.76 bits per heavy atom. The predicted octanol–water partition coefficient (Wildman–Crippen LogP) is 2.59. The summed E-state index contributed by atoms with van der Waals surface area (Å²) in [6.45, 7) is 1.91. The standard InChI is InChI=1S/C19H20N4O4S2/c1-13-3-9-16(10-4-13)29(26,27)20-11-17-21-22-19(23(17)2)28-12-14-5-7-15(8-6-14)18(24)25/h3-10,20H,11-12H2,1-2H3,(H,24,25). The fraction of sp³-hybridized carbons (Fsp3) is 0.211. The Hall–Kier alpha value is -2.69. The molecule has 0 spiro atoms. The second-order valence-electron chi connectivity index (χ2n) is 6.39. The van der Waals surface area contributed by atoms with Crippen molar-refractivity contribution in [3.63, 3.8) is 0 Å². The first-order valence-electron chi connectivity index (χ1n) is 8.66. The maximum Gasteiger partial charge on any atom is 0.335 e. The van der Waals surface area contributed by atoms with Gasteiger partial charge in [-0.05, 0) is 36.8 Å². The topological polar surface area (TPSA) is 114 Å². The van der Waals surface area contributed by atoms with E-state index < -0.39 is 16.0 Å². The van der Waals surface area contributed by atoms with Crippen LogP contribution < -0.4 is 4.72 Å². The number of carboxylic acid groups (broad SMARTS) is 1. The molecule has 3 rings (SSSR count). The quantitative estimate of drug-likeness (QED) is 0.526. The average Bonchev–Trinajstić information content (AvgIpc) is 3.05. The minimum absolute atomic E-state index is 0.0214. The second-order valence-corrected chi connectivity index (χ2v) is 9.10. The molecule has 0 unspecified atom stereocenters. The van der Waals surface area contributed by atoms with Gasteiger partial charge in [-0.2, -0.15) is 0 Å². The number of carboxylic acids is 1. The molecule has 0 amide bonds. The Morgan fingerprint density at radius 1 is 1.10 bits per heavy atom. The Morgan fingerprint density at radius 3 is 2.38 bits per heavy atom. The third kappa shape index (κ3) is 5.22. The number of benzene rings is 2. The number of sulfonamides is 1. The lowest BCUT2D eigenvalue weighted by atomic mass is 10.1. The van der Waals surface area contributed by atoms with Gasteiger partial charge >= 0.3 is 5.97 Å². The van der Waals surface area contributed by atoms with Gasteiger partial charge in [-0.25, -0.2) is 17.9 Å². The molecule has 0 fully saturated rings. The highest BCUT2D eigenvalue weighted by atomic mass is 32.2. The van der Waals surface area contributed by atoms with Gasteiger partial charge < -0.3 is 9.67 Å². The molecule has 1 aromatic heterocycles. The minimum atomic E-state index is -3.64. The Bertz CT molecular complexity index is 1110. The summed E-state index contributed by atoms with van der Waals surface area (Å²) in [7, 11) is -1.87. The number of nitrogens with one attached hydrogen (secondary N) is 1. The van der Waals surface area contributed by atoms with E-state index in [1.165, 1.54) is 11.8 Å². The van der Waals surface area contributed by atoms with E-state index in [0.717, 1.165) is 11.1 Å². The number of aromatic carboxylic acids is 1. The lowest BCUT2D eigenvalue weighted by Crippen LogP contribution is -2.24. The van der Waals surface area contributed by atoms with E-state index in [1.54, 1.807) is 60.1 Å². The smallest absolute Gasteiger partial charge is 0.335 e. The molecule has 2 N–H and O–H groups in total. The van der Waals surface area contributed by atoms with Crippen molar-refractivity contribution >= 4 is 27.8 Å². The summed E-state index contributed by atoms with van der Waals surface area (Å²) in [5.41, 5.74) is 2.17. The zero-order valence-corrected chi connectivity index (χ0v) is 17.5. The number of nitrogens with zero attached hydrogens (tertiary/aromatic N) is 3. The maximum atomic E-state index is 12.4. The molecule has 0 aliphatic carbocycles. The monoisotopic (exact) mass is 432 g/mol. The van der Waals surface area contributed by atoms with Gasteiger partial charge in [-0.15, -0.1) is 10.2 Å². The Balaban J connectivity index is 1.61.